The summed E-state index contributed by atoms with van der Waals surface area (Å²) in [5.74, 6) is 0.864. The van der Waals surface area contributed by atoms with Crippen molar-refractivity contribution in [3.05, 3.63) is 42.6 Å². The Balaban J connectivity index is 1.35. The average molecular weight is 401 g/mol. The number of hydrazine groups is 2. The molecule has 3 heterocycles. The molecule has 2 aliphatic rings. The summed E-state index contributed by atoms with van der Waals surface area (Å²) in [6, 6.07) is 14.4. The van der Waals surface area contributed by atoms with Crippen molar-refractivity contribution in [1.82, 2.24) is 20.1 Å². The van der Waals surface area contributed by atoms with Crippen LogP contribution >= 0.6 is 0 Å². The number of nitriles is 1. The number of benzene rings is 1. The third-order valence-electron chi connectivity index (χ3n) is 5.68. The smallest absolute Gasteiger partial charge is 0.228 e. The second kappa shape index (κ2) is 7.44. The molecule has 1 aliphatic heterocycles. The van der Waals surface area contributed by atoms with E-state index in [1.165, 1.54) is 0 Å². The third-order valence-corrected chi connectivity index (χ3v) is 5.68. The van der Waals surface area contributed by atoms with Gasteiger partial charge in [-0.2, -0.15) is 10.4 Å². The van der Waals surface area contributed by atoms with Gasteiger partial charge in [-0.3, -0.25) is 4.79 Å². The van der Waals surface area contributed by atoms with Gasteiger partial charge in [0.05, 0.1) is 17.7 Å². The number of aromatic nitrogens is 2. The number of hydrogen-bond donors (Lipinski definition) is 3. The zero-order valence-corrected chi connectivity index (χ0v) is 16.7. The number of amides is 1. The van der Waals surface area contributed by atoms with Crippen molar-refractivity contribution in [2.45, 2.75) is 12.8 Å². The second-order valence-corrected chi connectivity index (χ2v) is 7.97. The molecule has 1 aromatic carbocycles. The summed E-state index contributed by atoms with van der Waals surface area (Å²) < 4.78 is 0. The number of hydrogen-bond acceptors (Lipinski definition) is 6. The van der Waals surface area contributed by atoms with Gasteiger partial charge < -0.3 is 15.7 Å². The number of anilines is 2. The average Bonchev–Trinajstić information content (AvgIpc) is 3.45. The summed E-state index contributed by atoms with van der Waals surface area (Å²) in [5, 5.41) is 16.9. The minimum Gasteiger partial charge on any atom is -0.346 e. The number of aromatic amines is 1. The van der Waals surface area contributed by atoms with Gasteiger partial charge in [-0.25, -0.2) is 9.99 Å². The molecule has 5 rings (SSSR count). The van der Waals surface area contributed by atoms with Crippen LogP contribution < -0.4 is 10.7 Å². The molecule has 8 nitrogen and oxygen atoms in total. The van der Waals surface area contributed by atoms with E-state index >= 15 is 0 Å². The van der Waals surface area contributed by atoms with E-state index in [-0.39, 0.29) is 17.7 Å². The molecule has 2 aromatic heterocycles. The zero-order chi connectivity index (χ0) is 20.7. The van der Waals surface area contributed by atoms with E-state index in [2.05, 4.69) is 43.9 Å². The van der Waals surface area contributed by atoms with Crippen molar-refractivity contribution in [1.29, 1.82) is 5.26 Å². The minimum absolute atomic E-state index is 0.0478. The summed E-state index contributed by atoms with van der Waals surface area (Å²) in [6.07, 6.45) is 3.78. The van der Waals surface area contributed by atoms with E-state index in [4.69, 9.17) is 5.26 Å². The highest BCUT2D eigenvalue weighted by atomic mass is 16.2. The van der Waals surface area contributed by atoms with E-state index in [0.29, 0.717) is 5.82 Å². The fourth-order valence-corrected chi connectivity index (χ4v) is 3.68. The molecule has 2 fully saturated rings. The van der Waals surface area contributed by atoms with Crippen LogP contribution in [0.3, 0.4) is 0 Å². The van der Waals surface area contributed by atoms with Gasteiger partial charge in [0.2, 0.25) is 5.91 Å². The lowest BCUT2D eigenvalue weighted by atomic mass is 10.0. The van der Waals surface area contributed by atoms with Crippen molar-refractivity contribution in [3.8, 4) is 17.2 Å². The predicted octanol–water partition coefficient (Wildman–Crippen LogP) is 3.21. The fraction of sp³-hybridized carbons (Fsp3) is 0.318. The maximum atomic E-state index is 12.2. The Kier molecular flexibility index (Phi) is 4.62. The first-order valence-electron chi connectivity index (χ1n) is 10.1. The van der Waals surface area contributed by atoms with E-state index in [1.807, 2.05) is 42.6 Å². The monoisotopic (exact) mass is 401 g/mol. The van der Waals surface area contributed by atoms with Gasteiger partial charge in [-0.1, -0.05) is 12.1 Å². The van der Waals surface area contributed by atoms with Crippen molar-refractivity contribution < 1.29 is 4.79 Å². The molecule has 3 aromatic rings. The Morgan fingerprint density at radius 1 is 1.27 bits per heavy atom. The van der Waals surface area contributed by atoms with Crippen molar-refractivity contribution in [2.75, 3.05) is 30.9 Å². The third kappa shape index (κ3) is 3.61. The van der Waals surface area contributed by atoms with Crippen LogP contribution in [-0.2, 0) is 4.79 Å². The van der Waals surface area contributed by atoms with Crippen LogP contribution in [0, 0.1) is 23.2 Å². The zero-order valence-electron chi connectivity index (χ0n) is 16.7. The molecule has 0 atom stereocenters. The standard InChI is InChI=1S/C22H23N7O/c1-28(29-12-14(11-23)13-29)27-17-6-4-15(5-7-17)19-10-20(26-22(30)16-2-3-16)25-21-18(19)8-9-24-21/h4-10,14,16,27H,2-3,12-13H2,1H3,(H2,24,25,26,30). The minimum atomic E-state index is 0.0478. The number of pyridine rings is 1. The Morgan fingerprint density at radius 2 is 2.03 bits per heavy atom. The number of H-pyrrole nitrogens is 1. The quantitative estimate of drug-likeness (QED) is 0.549. The van der Waals surface area contributed by atoms with E-state index in [0.717, 1.165) is 53.8 Å². The summed E-state index contributed by atoms with van der Waals surface area (Å²) in [7, 11) is 1.95. The number of rotatable bonds is 6. The number of nitrogens with one attached hydrogen (secondary N) is 3. The van der Waals surface area contributed by atoms with Crippen LogP contribution in [-0.4, -0.2) is 46.1 Å². The topological polar surface area (TPSA) is 100 Å². The van der Waals surface area contributed by atoms with Crippen LogP contribution in [0.15, 0.2) is 42.6 Å². The van der Waals surface area contributed by atoms with E-state index in [1.54, 1.807) is 0 Å². The van der Waals surface area contributed by atoms with Gasteiger partial charge in [0, 0.05) is 37.6 Å². The van der Waals surface area contributed by atoms with Crippen molar-refractivity contribution in [2.24, 2.45) is 11.8 Å². The molecular weight excluding hydrogens is 378 g/mol. The summed E-state index contributed by atoms with van der Waals surface area (Å²) in [6.45, 7) is 1.49. The Morgan fingerprint density at radius 3 is 2.73 bits per heavy atom. The largest absolute Gasteiger partial charge is 0.346 e. The SMILES string of the molecule is CN(Nc1ccc(-c2cc(NC(=O)C3CC3)nc3[nH]ccc23)cc1)N1CC(C#N)C1. The number of carbonyl (C=O) groups is 1. The maximum absolute atomic E-state index is 12.2. The predicted molar refractivity (Wildman–Crippen MR) is 115 cm³/mol. The molecule has 0 bridgehead atoms. The molecule has 30 heavy (non-hydrogen) atoms. The van der Waals surface area contributed by atoms with Crippen molar-refractivity contribution in [3.63, 3.8) is 0 Å². The van der Waals surface area contributed by atoms with Crippen LogP contribution in [0.4, 0.5) is 11.5 Å². The summed E-state index contributed by atoms with van der Waals surface area (Å²) in [5.41, 5.74) is 7.11. The molecule has 3 N–H and O–H groups in total. The van der Waals surface area contributed by atoms with E-state index in [9.17, 15) is 4.79 Å². The first kappa shape index (κ1) is 18.6. The van der Waals surface area contributed by atoms with Crippen LogP contribution in [0.2, 0.25) is 0 Å². The number of carbonyl (C=O) groups excluding carboxylic acids is 1. The Labute approximate surface area is 174 Å². The fourth-order valence-electron chi connectivity index (χ4n) is 3.68. The lowest BCUT2D eigenvalue weighted by Crippen LogP contribution is -2.56. The van der Waals surface area contributed by atoms with Gasteiger partial charge in [0.15, 0.2) is 0 Å². The van der Waals surface area contributed by atoms with Gasteiger partial charge in [0.1, 0.15) is 11.5 Å². The molecule has 1 saturated carbocycles. The lowest BCUT2D eigenvalue weighted by Gasteiger charge is -2.41. The van der Waals surface area contributed by atoms with Crippen LogP contribution in [0.1, 0.15) is 12.8 Å². The highest BCUT2D eigenvalue weighted by Gasteiger charge is 2.30. The lowest BCUT2D eigenvalue weighted by molar-refractivity contribution is -0.117. The van der Waals surface area contributed by atoms with E-state index < -0.39 is 0 Å². The number of nitrogens with zero attached hydrogens (tertiary/aromatic N) is 4. The molecular formula is C22H23N7O. The summed E-state index contributed by atoms with van der Waals surface area (Å²) >= 11 is 0. The summed E-state index contributed by atoms with van der Waals surface area (Å²) in [4.78, 5) is 19.9. The molecule has 1 aliphatic carbocycles. The van der Waals surface area contributed by atoms with Crippen LogP contribution in [0.5, 0.6) is 0 Å². The second-order valence-electron chi connectivity index (χ2n) is 7.97. The number of fused-ring (bicyclic) bond motifs is 1. The molecule has 152 valence electrons. The normalized spacial score (nSPS) is 17.0. The molecule has 1 amide bonds. The maximum Gasteiger partial charge on any atom is 0.228 e. The first-order valence-corrected chi connectivity index (χ1v) is 10.1. The van der Waals surface area contributed by atoms with Crippen LogP contribution in [0.25, 0.3) is 22.2 Å². The Bertz CT molecular complexity index is 1120. The molecule has 0 spiro atoms. The molecule has 0 radical (unpaired) electrons. The molecule has 1 saturated heterocycles. The highest BCUT2D eigenvalue weighted by molar-refractivity contribution is 5.99. The Hall–Kier alpha value is -3.41. The van der Waals surface area contributed by atoms with Gasteiger partial charge in [-0.15, -0.1) is 0 Å². The van der Waals surface area contributed by atoms with Gasteiger partial charge >= 0.3 is 0 Å². The highest BCUT2D eigenvalue weighted by Crippen LogP contribution is 2.33. The van der Waals surface area contributed by atoms with Gasteiger partial charge in [-0.05, 0) is 48.2 Å². The molecule has 0 unspecified atom stereocenters. The molecule has 8 heteroatoms. The van der Waals surface area contributed by atoms with Gasteiger partial charge in [0.25, 0.3) is 0 Å². The first-order chi connectivity index (χ1) is 14.6. The van der Waals surface area contributed by atoms with Crippen molar-refractivity contribution >= 4 is 28.4 Å².